The van der Waals surface area contributed by atoms with E-state index < -0.39 is 42.4 Å². The average molecular weight is 391 g/mol. The molecule has 1 aromatic rings. The van der Waals surface area contributed by atoms with E-state index in [4.69, 9.17) is 0 Å². The lowest BCUT2D eigenvalue weighted by Crippen LogP contribution is -2.27. The number of carbonyl (C=O) groups excluding carboxylic acids is 1. The highest BCUT2D eigenvalue weighted by Gasteiger charge is 2.38. The molecular weight excluding hydrogens is 369 g/mol. The van der Waals surface area contributed by atoms with Gasteiger partial charge in [0.2, 0.25) is 0 Å². The number of sulfone groups is 2. The van der Waals surface area contributed by atoms with Gasteiger partial charge in [-0.2, -0.15) is 0 Å². The minimum absolute atomic E-state index is 0.0119. The third-order valence-electron chi connectivity index (χ3n) is 4.15. The highest BCUT2D eigenvalue weighted by atomic mass is 32.2. The van der Waals surface area contributed by atoms with Gasteiger partial charge >= 0.3 is 0 Å². The van der Waals surface area contributed by atoms with E-state index in [1.807, 2.05) is 13.8 Å². The van der Waals surface area contributed by atoms with E-state index >= 15 is 0 Å². The zero-order chi connectivity index (χ0) is 18.8. The van der Waals surface area contributed by atoms with Gasteiger partial charge in [-0.1, -0.05) is 13.8 Å². The SMILES string of the molecule is CC(C)CCNC(=O)c1cc(S(=O)(=O)[C@H]2CCS(=O)(=O)C2)ccc1F. The summed E-state index contributed by atoms with van der Waals surface area (Å²) >= 11 is 0. The van der Waals surface area contributed by atoms with Gasteiger partial charge in [-0.3, -0.25) is 4.79 Å². The summed E-state index contributed by atoms with van der Waals surface area (Å²) in [6.07, 6.45) is 0.725. The van der Waals surface area contributed by atoms with Crippen molar-refractivity contribution in [1.29, 1.82) is 0 Å². The molecule has 0 aliphatic carbocycles. The van der Waals surface area contributed by atoms with E-state index in [2.05, 4.69) is 5.32 Å². The van der Waals surface area contributed by atoms with Crippen molar-refractivity contribution in [3.63, 3.8) is 0 Å². The average Bonchev–Trinajstić information content (AvgIpc) is 2.88. The van der Waals surface area contributed by atoms with Crippen LogP contribution in [-0.4, -0.2) is 46.0 Å². The first-order valence-corrected chi connectivity index (χ1v) is 11.4. The third kappa shape index (κ3) is 4.78. The number of benzene rings is 1. The number of hydrogen-bond acceptors (Lipinski definition) is 5. The molecule has 1 heterocycles. The minimum Gasteiger partial charge on any atom is -0.352 e. The highest BCUT2D eigenvalue weighted by Crippen LogP contribution is 2.26. The Labute approximate surface area is 147 Å². The maximum Gasteiger partial charge on any atom is 0.254 e. The lowest BCUT2D eigenvalue weighted by atomic mass is 10.1. The van der Waals surface area contributed by atoms with E-state index in [9.17, 15) is 26.0 Å². The predicted octanol–water partition coefficient (Wildman–Crippen LogP) is 1.56. The fourth-order valence-electron chi connectivity index (χ4n) is 2.62. The molecule has 1 saturated heterocycles. The smallest absolute Gasteiger partial charge is 0.254 e. The lowest BCUT2D eigenvalue weighted by molar-refractivity contribution is 0.0947. The van der Waals surface area contributed by atoms with Gasteiger partial charge in [0.1, 0.15) is 5.82 Å². The summed E-state index contributed by atoms with van der Waals surface area (Å²) in [5.74, 6) is -1.76. The molecule has 1 N–H and O–H groups in total. The summed E-state index contributed by atoms with van der Waals surface area (Å²) in [6.45, 7) is 4.32. The van der Waals surface area contributed by atoms with Gasteiger partial charge in [0, 0.05) is 6.54 Å². The minimum atomic E-state index is -3.94. The first-order chi connectivity index (χ1) is 11.5. The van der Waals surface area contributed by atoms with E-state index in [-0.39, 0.29) is 22.6 Å². The maximum atomic E-state index is 13.9. The van der Waals surface area contributed by atoms with Crippen molar-refractivity contribution in [2.24, 2.45) is 5.92 Å². The second-order valence-electron chi connectivity index (χ2n) is 6.65. The Bertz CT molecular complexity index is 863. The molecular formula is C16H22FNO5S2. The van der Waals surface area contributed by atoms with E-state index in [0.29, 0.717) is 18.9 Å². The number of amides is 1. The second kappa shape index (κ2) is 7.41. The molecule has 25 heavy (non-hydrogen) atoms. The molecule has 0 aromatic heterocycles. The van der Waals surface area contributed by atoms with Crippen LogP contribution in [0.5, 0.6) is 0 Å². The van der Waals surface area contributed by atoms with Crippen molar-refractivity contribution in [3.8, 4) is 0 Å². The van der Waals surface area contributed by atoms with Crippen LogP contribution < -0.4 is 5.32 Å². The second-order valence-corrected chi connectivity index (χ2v) is 11.1. The molecule has 1 amide bonds. The van der Waals surface area contributed by atoms with Crippen LogP contribution in [0.4, 0.5) is 4.39 Å². The number of carbonyl (C=O) groups is 1. The summed E-state index contributed by atoms with van der Waals surface area (Å²) < 4.78 is 62.2. The molecule has 0 unspecified atom stereocenters. The van der Waals surface area contributed by atoms with Gasteiger partial charge in [-0.25, -0.2) is 21.2 Å². The zero-order valence-corrected chi connectivity index (χ0v) is 15.8. The molecule has 1 aliphatic rings. The van der Waals surface area contributed by atoms with Crippen LogP contribution in [0, 0.1) is 11.7 Å². The van der Waals surface area contributed by atoms with Crippen molar-refractivity contribution >= 4 is 25.6 Å². The Kier molecular flexibility index (Phi) is 5.88. The molecule has 140 valence electrons. The normalized spacial score (nSPS) is 19.9. The van der Waals surface area contributed by atoms with Gasteiger partial charge in [0.15, 0.2) is 19.7 Å². The van der Waals surface area contributed by atoms with Crippen molar-refractivity contribution in [3.05, 3.63) is 29.6 Å². The van der Waals surface area contributed by atoms with E-state index in [1.165, 1.54) is 0 Å². The number of rotatable bonds is 6. The Balaban J connectivity index is 2.24. The number of hydrogen-bond donors (Lipinski definition) is 1. The predicted molar refractivity (Wildman–Crippen MR) is 92.4 cm³/mol. The molecule has 9 heteroatoms. The molecule has 1 fully saturated rings. The van der Waals surface area contributed by atoms with E-state index in [0.717, 1.165) is 18.2 Å². The fourth-order valence-corrected chi connectivity index (χ4v) is 7.01. The summed E-state index contributed by atoms with van der Waals surface area (Å²) in [6, 6.07) is 2.98. The first-order valence-electron chi connectivity index (χ1n) is 8.05. The van der Waals surface area contributed by atoms with Crippen LogP contribution in [0.25, 0.3) is 0 Å². The van der Waals surface area contributed by atoms with Crippen LogP contribution in [0.15, 0.2) is 23.1 Å². The van der Waals surface area contributed by atoms with Gasteiger partial charge in [0.05, 0.1) is 27.2 Å². The maximum absolute atomic E-state index is 13.9. The quantitative estimate of drug-likeness (QED) is 0.742. The Morgan fingerprint density at radius 3 is 2.60 bits per heavy atom. The molecule has 0 bridgehead atoms. The molecule has 0 spiro atoms. The standard InChI is InChI=1S/C16H22FNO5S2/c1-11(2)5-7-18-16(19)14-9-12(3-4-15(14)17)25(22,23)13-6-8-24(20,21)10-13/h3-4,9,11,13H,5-8,10H2,1-2H3,(H,18,19)/t13-/m0/s1. The molecule has 0 radical (unpaired) electrons. The fraction of sp³-hybridized carbons (Fsp3) is 0.562. The topological polar surface area (TPSA) is 97.4 Å². The Morgan fingerprint density at radius 1 is 1.36 bits per heavy atom. The van der Waals surface area contributed by atoms with Crippen LogP contribution in [0.1, 0.15) is 37.0 Å². The van der Waals surface area contributed by atoms with Gasteiger partial charge < -0.3 is 5.32 Å². The zero-order valence-electron chi connectivity index (χ0n) is 14.2. The summed E-state index contributed by atoms with van der Waals surface area (Å²) in [5, 5.41) is 1.51. The molecule has 1 aliphatic heterocycles. The van der Waals surface area contributed by atoms with Gasteiger partial charge in [0.25, 0.3) is 5.91 Å². The number of halogens is 1. The Hall–Kier alpha value is -1.48. The monoisotopic (exact) mass is 391 g/mol. The highest BCUT2D eigenvalue weighted by molar-refractivity contribution is 7.96. The van der Waals surface area contributed by atoms with Crippen LogP contribution in [0.2, 0.25) is 0 Å². The summed E-state index contributed by atoms with van der Waals surface area (Å²) in [4.78, 5) is 11.9. The van der Waals surface area contributed by atoms with Crippen LogP contribution in [0.3, 0.4) is 0 Å². The summed E-state index contributed by atoms with van der Waals surface area (Å²) in [5.41, 5.74) is -0.356. The van der Waals surface area contributed by atoms with Gasteiger partial charge in [-0.05, 0) is 37.0 Å². The van der Waals surface area contributed by atoms with Gasteiger partial charge in [-0.15, -0.1) is 0 Å². The summed E-state index contributed by atoms with van der Waals surface area (Å²) in [7, 11) is -7.32. The largest absolute Gasteiger partial charge is 0.352 e. The Morgan fingerprint density at radius 2 is 2.04 bits per heavy atom. The molecule has 6 nitrogen and oxygen atoms in total. The van der Waals surface area contributed by atoms with Crippen molar-refractivity contribution < 1.29 is 26.0 Å². The lowest BCUT2D eigenvalue weighted by Gasteiger charge is -2.12. The molecule has 2 rings (SSSR count). The van der Waals surface area contributed by atoms with Crippen LogP contribution in [-0.2, 0) is 19.7 Å². The molecule has 1 aromatic carbocycles. The van der Waals surface area contributed by atoms with Crippen LogP contribution >= 0.6 is 0 Å². The molecule has 1 atom stereocenters. The van der Waals surface area contributed by atoms with E-state index in [1.54, 1.807) is 0 Å². The molecule has 0 saturated carbocycles. The first kappa shape index (κ1) is 19.8. The number of nitrogens with one attached hydrogen (secondary N) is 1. The third-order valence-corrected chi connectivity index (χ3v) is 8.32. The van der Waals surface area contributed by atoms with Crippen molar-refractivity contribution in [1.82, 2.24) is 5.32 Å². The van der Waals surface area contributed by atoms with Crippen molar-refractivity contribution in [2.75, 3.05) is 18.1 Å². The van der Waals surface area contributed by atoms with Crippen molar-refractivity contribution in [2.45, 2.75) is 36.8 Å².